The van der Waals surface area contributed by atoms with Gasteiger partial charge in [0.05, 0.1) is 16.6 Å². The van der Waals surface area contributed by atoms with E-state index in [1.807, 2.05) is 73.7 Å². The van der Waals surface area contributed by atoms with Gasteiger partial charge in [-0.25, -0.2) is 4.79 Å². The molecule has 0 saturated carbocycles. The van der Waals surface area contributed by atoms with Crippen molar-refractivity contribution in [2.75, 3.05) is 5.43 Å². The predicted molar refractivity (Wildman–Crippen MR) is 125 cm³/mol. The number of para-hydroxylation sites is 2. The number of hydrogen-bond acceptors (Lipinski definition) is 5. The third kappa shape index (κ3) is 4.51. The molecule has 1 aromatic heterocycles. The van der Waals surface area contributed by atoms with Gasteiger partial charge in [0.25, 0.3) is 0 Å². The normalized spacial score (nSPS) is 12.6. The van der Waals surface area contributed by atoms with Crippen molar-refractivity contribution < 1.29 is 9.52 Å². The fourth-order valence-corrected chi connectivity index (χ4v) is 3.69. The fraction of sp³-hybridized carbons (Fsp3) is 0.154. The summed E-state index contributed by atoms with van der Waals surface area (Å²) >= 11 is 0. The molecule has 0 aliphatic heterocycles. The van der Waals surface area contributed by atoms with E-state index in [0.29, 0.717) is 23.8 Å². The van der Waals surface area contributed by atoms with Crippen LogP contribution in [0.3, 0.4) is 0 Å². The molecule has 0 bridgehead atoms. The molecule has 1 atom stereocenters. The summed E-state index contributed by atoms with van der Waals surface area (Å²) in [7, 11) is 0. The maximum Gasteiger partial charge on any atom is 0.343 e. The minimum atomic E-state index is -0.531. The van der Waals surface area contributed by atoms with Crippen LogP contribution in [0.4, 0.5) is 5.69 Å². The number of hydrazone groups is 1. The summed E-state index contributed by atoms with van der Waals surface area (Å²) in [6.45, 7) is 2.02. The minimum absolute atomic E-state index is 0.0350. The lowest BCUT2D eigenvalue weighted by Crippen LogP contribution is -2.18. The lowest BCUT2D eigenvalue weighted by Gasteiger charge is -2.19. The van der Waals surface area contributed by atoms with Gasteiger partial charge in [-0.15, -0.1) is 0 Å². The molecular weight excluding hydrogens is 388 g/mol. The number of benzene rings is 3. The van der Waals surface area contributed by atoms with Crippen molar-refractivity contribution in [1.29, 1.82) is 0 Å². The van der Waals surface area contributed by atoms with Crippen LogP contribution in [0.25, 0.3) is 11.0 Å². The molecule has 0 fully saturated rings. The van der Waals surface area contributed by atoms with Crippen molar-refractivity contribution in [3.8, 4) is 5.75 Å². The Morgan fingerprint density at radius 3 is 2.32 bits per heavy atom. The first-order valence-electron chi connectivity index (χ1n) is 10.3. The van der Waals surface area contributed by atoms with Crippen LogP contribution < -0.4 is 11.1 Å². The van der Waals surface area contributed by atoms with E-state index in [0.717, 1.165) is 17.0 Å². The van der Waals surface area contributed by atoms with Crippen molar-refractivity contribution in [2.45, 2.75) is 25.7 Å². The van der Waals surface area contributed by atoms with E-state index in [9.17, 15) is 9.90 Å². The third-order valence-corrected chi connectivity index (χ3v) is 5.34. The molecule has 0 saturated heterocycles. The summed E-state index contributed by atoms with van der Waals surface area (Å²) in [5, 5.41) is 16.1. The number of hydrogen-bond donors (Lipinski definition) is 2. The number of anilines is 1. The van der Waals surface area contributed by atoms with Crippen molar-refractivity contribution in [2.24, 2.45) is 5.10 Å². The van der Waals surface area contributed by atoms with Gasteiger partial charge in [0.1, 0.15) is 11.3 Å². The first kappa shape index (κ1) is 20.4. The quantitative estimate of drug-likeness (QED) is 0.225. The molecule has 5 nitrogen and oxygen atoms in total. The summed E-state index contributed by atoms with van der Waals surface area (Å²) < 4.78 is 5.55. The van der Waals surface area contributed by atoms with Crippen LogP contribution in [-0.4, -0.2) is 10.8 Å². The van der Waals surface area contributed by atoms with Crippen LogP contribution in [-0.2, 0) is 0 Å². The van der Waals surface area contributed by atoms with Gasteiger partial charge in [-0.05, 0) is 42.7 Å². The van der Waals surface area contributed by atoms with Crippen molar-refractivity contribution in [3.63, 3.8) is 0 Å². The fourth-order valence-electron chi connectivity index (χ4n) is 3.69. The molecule has 2 N–H and O–H groups in total. The van der Waals surface area contributed by atoms with Gasteiger partial charge >= 0.3 is 5.63 Å². The summed E-state index contributed by atoms with van der Waals surface area (Å²) in [5.41, 5.74) is 5.87. The van der Waals surface area contributed by atoms with Crippen LogP contribution in [0.15, 0.2) is 99.2 Å². The van der Waals surface area contributed by atoms with Gasteiger partial charge in [0.15, 0.2) is 0 Å². The molecule has 3 aromatic carbocycles. The Bertz CT molecular complexity index is 1250. The summed E-state index contributed by atoms with van der Waals surface area (Å²) in [6, 6.07) is 26.4. The van der Waals surface area contributed by atoms with E-state index in [1.165, 1.54) is 0 Å². The van der Waals surface area contributed by atoms with Crippen LogP contribution in [0.1, 0.15) is 36.8 Å². The number of fused-ring (bicyclic) bond motifs is 1. The molecule has 0 aliphatic carbocycles. The maximum absolute atomic E-state index is 12.9. The van der Waals surface area contributed by atoms with Crippen molar-refractivity contribution in [1.82, 2.24) is 0 Å². The van der Waals surface area contributed by atoms with Gasteiger partial charge in [0.2, 0.25) is 0 Å². The Balaban J connectivity index is 1.77. The number of rotatable bonds is 7. The summed E-state index contributed by atoms with van der Waals surface area (Å²) in [6.07, 6.45) is 1.17. The SMILES string of the molecule is CCC(C[C@@H](c1ccccc1)c1c(O)c2ccccc2oc1=O)=NNc1ccccc1. The Kier molecular flexibility index (Phi) is 6.13. The molecule has 1 heterocycles. The van der Waals surface area contributed by atoms with E-state index in [1.54, 1.807) is 18.2 Å². The number of aromatic hydroxyl groups is 1. The Morgan fingerprint density at radius 2 is 1.61 bits per heavy atom. The third-order valence-electron chi connectivity index (χ3n) is 5.34. The van der Waals surface area contributed by atoms with Crippen molar-refractivity contribution >= 4 is 22.4 Å². The Morgan fingerprint density at radius 1 is 0.968 bits per heavy atom. The maximum atomic E-state index is 12.9. The van der Waals surface area contributed by atoms with E-state index < -0.39 is 11.5 Å². The molecular formula is C26H24N2O3. The lowest BCUT2D eigenvalue weighted by atomic mass is 9.86. The molecule has 0 spiro atoms. The smallest absolute Gasteiger partial charge is 0.343 e. The van der Waals surface area contributed by atoms with E-state index in [-0.39, 0.29) is 11.3 Å². The van der Waals surface area contributed by atoms with Gasteiger partial charge in [-0.2, -0.15) is 5.10 Å². The van der Waals surface area contributed by atoms with E-state index >= 15 is 0 Å². The number of nitrogens with one attached hydrogen (secondary N) is 1. The highest BCUT2D eigenvalue weighted by Gasteiger charge is 2.26. The van der Waals surface area contributed by atoms with Gasteiger partial charge in [-0.3, -0.25) is 5.43 Å². The molecule has 0 aliphatic rings. The lowest BCUT2D eigenvalue weighted by molar-refractivity contribution is 0.452. The van der Waals surface area contributed by atoms with E-state index in [4.69, 9.17) is 4.42 Å². The topological polar surface area (TPSA) is 74.8 Å². The molecule has 0 unspecified atom stereocenters. The predicted octanol–water partition coefficient (Wildman–Crippen LogP) is 5.90. The zero-order valence-electron chi connectivity index (χ0n) is 17.3. The van der Waals surface area contributed by atoms with Gasteiger partial charge in [0, 0.05) is 11.6 Å². The summed E-state index contributed by atoms with van der Waals surface area (Å²) in [5.74, 6) is -0.425. The van der Waals surface area contributed by atoms with Gasteiger partial charge < -0.3 is 9.52 Å². The molecule has 5 heteroatoms. The molecule has 31 heavy (non-hydrogen) atoms. The molecule has 4 rings (SSSR count). The van der Waals surface area contributed by atoms with Crippen LogP contribution in [0.2, 0.25) is 0 Å². The highest BCUT2D eigenvalue weighted by molar-refractivity contribution is 5.88. The highest BCUT2D eigenvalue weighted by Crippen LogP contribution is 2.36. The average molecular weight is 412 g/mol. The highest BCUT2D eigenvalue weighted by atomic mass is 16.4. The molecule has 156 valence electrons. The van der Waals surface area contributed by atoms with Crippen molar-refractivity contribution in [3.05, 3.63) is 106 Å². The van der Waals surface area contributed by atoms with Gasteiger partial charge in [-0.1, -0.05) is 67.6 Å². The van der Waals surface area contributed by atoms with Crippen LogP contribution in [0.5, 0.6) is 5.75 Å². The van der Waals surface area contributed by atoms with Crippen LogP contribution in [0, 0.1) is 0 Å². The molecule has 0 radical (unpaired) electrons. The number of nitrogens with zero attached hydrogens (tertiary/aromatic N) is 1. The average Bonchev–Trinajstić information content (AvgIpc) is 2.82. The first-order valence-corrected chi connectivity index (χ1v) is 10.3. The molecule has 4 aromatic rings. The minimum Gasteiger partial charge on any atom is -0.507 e. The largest absolute Gasteiger partial charge is 0.507 e. The Hall–Kier alpha value is -3.86. The second-order valence-corrected chi connectivity index (χ2v) is 7.32. The zero-order valence-corrected chi connectivity index (χ0v) is 17.3. The van der Waals surface area contributed by atoms with E-state index in [2.05, 4.69) is 10.5 Å². The zero-order chi connectivity index (χ0) is 21.6. The molecule has 0 amide bonds. The Labute approximate surface area is 180 Å². The second kappa shape index (κ2) is 9.30. The summed E-state index contributed by atoms with van der Waals surface area (Å²) in [4.78, 5) is 12.9. The second-order valence-electron chi connectivity index (χ2n) is 7.32. The monoisotopic (exact) mass is 412 g/mol. The van der Waals surface area contributed by atoms with Crippen LogP contribution >= 0.6 is 0 Å². The standard InChI is InChI=1S/C26H24N2O3/c1-2-19(27-28-20-13-7-4-8-14-20)17-22(18-11-5-3-6-12-18)24-25(29)21-15-9-10-16-23(21)31-26(24)30/h3-16,22,28-29H,2,17H2,1H3/t22-/m0/s1. The first-order chi connectivity index (χ1) is 15.2.